The van der Waals surface area contributed by atoms with Crippen molar-refractivity contribution in [3.63, 3.8) is 0 Å². The summed E-state index contributed by atoms with van der Waals surface area (Å²) >= 11 is 13.4. The molecule has 0 atom stereocenters. The van der Waals surface area contributed by atoms with E-state index in [-0.39, 0.29) is 5.91 Å². The van der Waals surface area contributed by atoms with E-state index >= 15 is 0 Å². The molecule has 4 rings (SSSR count). The van der Waals surface area contributed by atoms with Crippen LogP contribution in [0.1, 0.15) is 5.56 Å². The molecule has 0 aliphatic carbocycles. The van der Waals surface area contributed by atoms with Crippen molar-refractivity contribution in [1.29, 1.82) is 0 Å². The Morgan fingerprint density at radius 2 is 1.80 bits per heavy atom. The van der Waals surface area contributed by atoms with Gasteiger partial charge in [-0.15, -0.1) is 0 Å². The number of ether oxygens (including phenoxy) is 2. The lowest BCUT2D eigenvalue weighted by atomic mass is 10.1. The van der Waals surface area contributed by atoms with Gasteiger partial charge in [-0.25, -0.2) is 15.0 Å². The zero-order valence-corrected chi connectivity index (χ0v) is 24.9. The molecule has 0 spiro atoms. The summed E-state index contributed by atoms with van der Waals surface area (Å²) in [6, 6.07) is 9.00. The Morgan fingerprint density at radius 3 is 2.44 bits per heavy atom. The number of hydrogen-bond donors (Lipinski definition) is 3. The highest BCUT2D eigenvalue weighted by Gasteiger charge is 2.22. The number of carbonyl (C=O) groups is 1. The van der Waals surface area contributed by atoms with Crippen LogP contribution in [0.5, 0.6) is 11.5 Å². The fourth-order valence-corrected chi connectivity index (χ4v) is 4.79. The number of nitrogens with one attached hydrogen (secondary N) is 3. The van der Waals surface area contributed by atoms with Gasteiger partial charge in [-0.1, -0.05) is 41.9 Å². The fraction of sp³-hybridized carbons (Fsp3) is 0.241. The molecule has 12 heteroatoms. The number of aromatic nitrogens is 3. The molecule has 0 radical (unpaired) electrons. The SMILES string of the molecule is C=CC(=O)Nc1cccc(C)c1Nc1ncc2cc(-c3c(Cl)c(OC)cc(OC)c3Cl)nc(NCCN(C)C)c2n1. The van der Waals surface area contributed by atoms with E-state index in [4.69, 9.17) is 42.6 Å². The van der Waals surface area contributed by atoms with Crippen molar-refractivity contribution in [2.24, 2.45) is 0 Å². The van der Waals surface area contributed by atoms with Gasteiger partial charge in [0.2, 0.25) is 11.9 Å². The lowest BCUT2D eigenvalue weighted by Crippen LogP contribution is -2.21. The summed E-state index contributed by atoms with van der Waals surface area (Å²) in [4.78, 5) is 28.3. The standard InChI is InChI=1S/C29H31Cl2N7O3/c1-7-22(39)34-18-10-8-9-16(2)26(18)36-29-33-15-17-13-19(35-28(27(17)37-29)32-11-12-38(3)4)23-24(30)20(40-5)14-21(41-6)25(23)31/h7-10,13-15H,1,11-12H2,2-6H3,(H,32,35)(H,34,39)(H,33,36,37). The molecule has 0 saturated carbocycles. The largest absolute Gasteiger partial charge is 0.495 e. The first-order chi connectivity index (χ1) is 19.7. The number of aryl methyl sites for hydroxylation is 1. The Bertz CT molecular complexity index is 1580. The summed E-state index contributed by atoms with van der Waals surface area (Å²) in [5.41, 5.74) is 3.67. The number of amides is 1. The van der Waals surface area contributed by atoms with E-state index in [2.05, 4.69) is 32.4 Å². The Hall–Kier alpha value is -4.12. The van der Waals surface area contributed by atoms with Gasteiger partial charge < -0.3 is 30.3 Å². The van der Waals surface area contributed by atoms with Crippen LogP contribution in [0.15, 0.2) is 49.2 Å². The molecule has 2 heterocycles. The van der Waals surface area contributed by atoms with Crippen LogP contribution in [-0.2, 0) is 4.79 Å². The van der Waals surface area contributed by atoms with E-state index in [1.807, 2.05) is 39.2 Å². The molecule has 1 amide bonds. The first-order valence-electron chi connectivity index (χ1n) is 12.6. The second-order valence-corrected chi connectivity index (χ2v) is 10.1. The predicted molar refractivity (Wildman–Crippen MR) is 166 cm³/mol. The average molecular weight is 597 g/mol. The third-order valence-corrected chi connectivity index (χ3v) is 6.95. The van der Waals surface area contributed by atoms with Gasteiger partial charge in [-0.05, 0) is 44.8 Å². The van der Waals surface area contributed by atoms with Crippen LogP contribution in [0.25, 0.3) is 22.2 Å². The number of anilines is 4. The average Bonchev–Trinajstić information content (AvgIpc) is 2.95. The lowest BCUT2D eigenvalue weighted by molar-refractivity contribution is -0.111. The van der Waals surface area contributed by atoms with E-state index < -0.39 is 0 Å². The van der Waals surface area contributed by atoms with Gasteiger partial charge >= 0.3 is 0 Å². The van der Waals surface area contributed by atoms with E-state index in [1.54, 1.807) is 18.3 Å². The van der Waals surface area contributed by atoms with Gasteiger partial charge in [0.15, 0.2) is 5.82 Å². The molecule has 41 heavy (non-hydrogen) atoms. The molecule has 0 unspecified atom stereocenters. The topological polar surface area (TPSA) is 114 Å². The number of rotatable bonds is 11. The maximum absolute atomic E-state index is 12.0. The summed E-state index contributed by atoms with van der Waals surface area (Å²) < 4.78 is 10.9. The maximum atomic E-state index is 12.0. The second kappa shape index (κ2) is 13.0. The van der Waals surface area contributed by atoms with Crippen LogP contribution < -0.4 is 25.4 Å². The zero-order chi connectivity index (χ0) is 29.7. The van der Waals surface area contributed by atoms with Gasteiger partial charge in [-0.3, -0.25) is 4.79 Å². The predicted octanol–water partition coefficient (Wildman–Crippen LogP) is 6.17. The van der Waals surface area contributed by atoms with Crippen molar-refractivity contribution in [2.75, 3.05) is 57.4 Å². The second-order valence-electron chi connectivity index (χ2n) is 9.32. The Kier molecular flexibility index (Phi) is 9.49. The number of para-hydroxylation sites is 1. The summed E-state index contributed by atoms with van der Waals surface area (Å²) in [5.74, 6) is 1.32. The highest BCUT2D eigenvalue weighted by molar-refractivity contribution is 6.41. The Labute approximate surface area is 248 Å². The van der Waals surface area contributed by atoms with Gasteiger partial charge in [-0.2, -0.15) is 0 Å². The Morgan fingerprint density at radius 1 is 1.10 bits per heavy atom. The maximum Gasteiger partial charge on any atom is 0.247 e. The van der Waals surface area contributed by atoms with Crippen LogP contribution in [-0.4, -0.2) is 67.2 Å². The molecule has 0 bridgehead atoms. The molecule has 10 nitrogen and oxygen atoms in total. The van der Waals surface area contributed by atoms with Crippen LogP contribution in [0.4, 0.5) is 23.1 Å². The van der Waals surface area contributed by atoms with Gasteiger partial charge in [0.05, 0.1) is 41.3 Å². The van der Waals surface area contributed by atoms with Crippen LogP contribution >= 0.6 is 23.2 Å². The van der Waals surface area contributed by atoms with Crippen LogP contribution in [0.3, 0.4) is 0 Å². The number of likely N-dealkylation sites (N-methyl/N-ethyl adjacent to an activating group) is 1. The first-order valence-corrected chi connectivity index (χ1v) is 13.4. The first kappa shape index (κ1) is 29.9. The minimum absolute atomic E-state index is 0.303. The van der Waals surface area contributed by atoms with Crippen molar-refractivity contribution < 1.29 is 14.3 Å². The van der Waals surface area contributed by atoms with E-state index in [0.717, 1.165) is 12.1 Å². The van der Waals surface area contributed by atoms with Crippen molar-refractivity contribution in [3.8, 4) is 22.8 Å². The molecular weight excluding hydrogens is 565 g/mol. The minimum atomic E-state index is -0.325. The molecule has 0 fully saturated rings. The zero-order valence-electron chi connectivity index (χ0n) is 23.4. The summed E-state index contributed by atoms with van der Waals surface area (Å²) in [7, 11) is 7.01. The van der Waals surface area contributed by atoms with Crippen molar-refractivity contribution in [1.82, 2.24) is 19.9 Å². The van der Waals surface area contributed by atoms with E-state index in [1.165, 1.54) is 20.3 Å². The molecule has 0 aliphatic rings. The fourth-order valence-electron chi connectivity index (χ4n) is 4.09. The van der Waals surface area contributed by atoms with E-state index in [9.17, 15) is 4.79 Å². The number of pyridine rings is 1. The van der Waals surface area contributed by atoms with Gasteiger partial charge in [0.1, 0.15) is 17.0 Å². The summed E-state index contributed by atoms with van der Waals surface area (Å²) in [6.07, 6.45) is 2.90. The summed E-state index contributed by atoms with van der Waals surface area (Å²) in [5, 5.41) is 10.8. The third-order valence-electron chi connectivity index (χ3n) is 6.20. The van der Waals surface area contributed by atoms with Crippen LogP contribution in [0, 0.1) is 6.92 Å². The quantitative estimate of drug-likeness (QED) is 0.175. The molecule has 2 aromatic heterocycles. The van der Waals surface area contributed by atoms with Crippen molar-refractivity contribution in [3.05, 3.63) is 64.8 Å². The number of benzene rings is 2. The number of methoxy groups -OCH3 is 2. The minimum Gasteiger partial charge on any atom is -0.495 e. The molecule has 214 valence electrons. The number of halogens is 2. The third kappa shape index (κ3) is 6.62. The van der Waals surface area contributed by atoms with Crippen molar-refractivity contribution >= 4 is 63.2 Å². The molecule has 0 saturated heterocycles. The number of nitrogens with zero attached hydrogens (tertiary/aromatic N) is 4. The number of carbonyl (C=O) groups excluding carboxylic acids is 1. The van der Waals surface area contributed by atoms with Crippen molar-refractivity contribution in [2.45, 2.75) is 6.92 Å². The van der Waals surface area contributed by atoms with Gasteiger partial charge in [0, 0.05) is 36.3 Å². The molecule has 2 aromatic carbocycles. The normalized spacial score (nSPS) is 10.9. The molecule has 3 N–H and O–H groups in total. The lowest BCUT2D eigenvalue weighted by Gasteiger charge is -2.18. The molecule has 0 aliphatic heterocycles. The van der Waals surface area contributed by atoms with Gasteiger partial charge in [0.25, 0.3) is 0 Å². The smallest absolute Gasteiger partial charge is 0.247 e. The summed E-state index contributed by atoms with van der Waals surface area (Å²) in [6.45, 7) is 6.81. The monoisotopic (exact) mass is 595 g/mol. The highest BCUT2D eigenvalue weighted by atomic mass is 35.5. The number of fused-ring (bicyclic) bond motifs is 1. The molecule has 4 aromatic rings. The highest BCUT2D eigenvalue weighted by Crippen LogP contribution is 2.46. The van der Waals surface area contributed by atoms with Crippen LogP contribution in [0.2, 0.25) is 10.0 Å². The Balaban J connectivity index is 1.84. The number of hydrogen-bond acceptors (Lipinski definition) is 9. The van der Waals surface area contributed by atoms with E-state index in [0.29, 0.717) is 73.4 Å². The molecular formula is C29H31Cl2N7O3.